The molecule has 36 heavy (non-hydrogen) atoms. The molecule has 0 unspecified atom stereocenters. The first kappa shape index (κ1) is 30.2. The molecular formula is C20H24F3NO12. The van der Waals surface area contributed by atoms with E-state index in [4.69, 9.17) is 23.7 Å². The number of carbonyl (C=O) groups excluding carboxylic acids is 6. The number of carbonyl (C=O) groups is 6. The first-order valence-electron chi connectivity index (χ1n) is 10.1. The minimum absolute atomic E-state index is 0.697. The average Bonchev–Trinajstić information content (AvgIpc) is 2.73. The van der Waals surface area contributed by atoms with E-state index < -0.39 is 84.8 Å². The van der Waals surface area contributed by atoms with Gasteiger partial charge >= 0.3 is 41.9 Å². The number of esters is 5. The van der Waals surface area contributed by atoms with E-state index in [0.717, 1.165) is 40.9 Å². The number of amides is 1. The fourth-order valence-corrected chi connectivity index (χ4v) is 3.04. The number of methoxy groups -OCH3 is 1. The summed E-state index contributed by atoms with van der Waals surface area (Å²) in [7, 11) is 0.936. The third-order valence-corrected chi connectivity index (χ3v) is 4.29. The van der Waals surface area contributed by atoms with Gasteiger partial charge in [-0.25, -0.2) is 4.79 Å². The van der Waals surface area contributed by atoms with E-state index in [-0.39, 0.29) is 0 Å². The Labute approximate surface area is 202 Å². The highest BCUT2D eigenvalue weighted by Crippen LogP contribution is 2.29. The average molecular weight is 527 g/mol. The summed E-state index contributed by atoms with van der Waals surface area (Å²) < 4.78 is 69.0. The van der Waals surface area contributed by atoms with Crippen LogP contribution >= 0.6 is 0 Å². The zero-order valence-electron chi connectivity index (χ0n) is 19.7. The van der Waals surface area contributed by atoms with Gasteiger partial charge in [0.2, 0.25) is 5.76 Å². The summed E-state index contributed by atoms with van der Waals surface area (Å²) in [6, 6.07) is -1.96. The fourth-order valence-electron chi connectivity index (χ4n) is 3.04. The van der Waals surface area contributed by atoms with Gasteiger partial charge in [0.25, 0.3) is 0 Å². The van der Waals surface area contributed by atoms with Gasteiger partial charge in [0.1, 0.15) is 18.8 Å². The third kappa shape index (κ3) is 9.07. The molecule has 1 rings (SSSR count). The lowest BCUT2D eigenvalue weighted by molar-refractivity contribution is -0.195. The topological polar surface area (TPSA) is 170 Å². The molecule has 202 valence electrons. The SMILES string of the molecule is COC(=O)C1=C[C@@H](OC(C)=O)[C@@H](NC(=O)C(F)(F)F)[C@H]([C@H](OC(C)=O)[C@@H](COC(C)=O)OC(C)=O)O1. The van der Waals surface area contributed by atoms with E-state index in [1.807, 2.05) is 0 Å². The molecule has 0 spiro atoms. The van der Waals surface area contributed by atoms with Crippen LogP contribution in [0.2, 0.25) is 0 Å². The van der Waals surface area contributed by atoms with Crippen molar-refractivity contribution in [2.24, 2.45) is 0 Å². The molecule has 1 aliphatic heterocycles. The molecule has 1 aliphatic rings. The molecule has 1 amide bonds. The molecular weight excluding hydrogens is 503 g/mol. The lowest BCUT2D eigenvalue weighted by atomic mass is 9.93. The second-order valence-electron chi connectivity index (χ2n) is 7.20. The lowest BCUT2D eigenvalue weighted by Crippen LogP contribution is -2.63. The highest BCUT2D eigenvalue weighted by atomic mass is 19.4. The van der Waals surface area contributed by atoms with Gasteiger partial charge in [-0.2, -0.15) is 13.2 Å². The summed E-state index contributed by atoms with van der Waals surface area (Å²) in [5, 5.41) is 1.57. The molecule has 13 nitrogen and oxygen atoms in total. The Balaban J connectivity index is 3.70. The Morgan fingerprint density at radius 3 is 2.00 bits per heavy atom. The van der Waals surface area contributed by atoms with Gasteiger partial charge in [-0.05, 0) is 0 Å². The van der Waals surface area contributed by atoms with Crippen LogP contribution in [0.4, 0.5) is 13.2 Å². The first-order valence-corrected chi connectivity index (χ1v) is 10.1. The highest BCUT2D eigenvalue weighted by molar-refractivity contribution is 5.87. The summed E-state index contributed by atoms with van der Waals surface area (Å²) in [6.45, 7) is 2.92. The third-order valence-electron chi connectivity index (χ3n) is 4.29. The highest BCUT2D eigenvalue weighted by Gasteiger charge is 2.51. The van der Waals surface area contributed by atoms with Crippen LogP contribution in [0.25, 0.3) is 0 Å². The van der Waals surface area contributed by atoms with Crippen LogP contribution in [0.3, 0.4) is 0 Å². The number of ether oxygens (including phenoxy) is 6. The molecule has 0 aromatic heterocycles. The van der Waals surface area contributed by atoms with Crippen LogP contribution in [0, 0.1) is 0 Å². The van der Waals surface area contributed by atoms with Gasteiger partial charge in [-0.1, -0.05) is 0 Å². The molecule has 0 radical (unpaired) electrons. The summed E-state index contributed by atoms with van der Waals surface area (Å²) in [6.07, 6.45) is -12.0. The Morgan fingerprint density at radius 2 is 1.56 bits per heavy atom. The van der Waals surface area contributed by atoms with Gasteiger partial charge in [0, 0.05) is 33.8 Å². The minimum Gasteiger partial charge on any atom is -0.477 e. The largest absolute Gasteiger partial charge is 0.477 e. The monoisotopic (exact) mass is 527 g/mol. The molecule has 0 aromatic rings. The molecule has 1 heterocycles. The normalized spacial score (nSPS) is 20.9. The number of hydrogen-bond acceptors (Lipinski definition) is 12. The zero-order valence-corrected chi connectivity index (χ0v) is 19.7. The van der Waals surface area contributed by atoms with Gasteiger partial charge in [-0.15, -0.1) is 0 Å². The Bertz CT molecular complexity index is 916. The van der Waals surface area contributed by atoms with Crippen molar-refractivity contribution in [3.8, 4) is 0 Å². The Morgan fingerprint density at radius 1 is 0.972 bits per heavy atom. The summed E-state index contributed by atoms with van der Waals surface area (Å²) >= 11 is 0. The first-order chi connectivity index (χ1) is 16.6. The van der Waals surface area contributed by atoms with Crippen LogP contribution in [0.1, 0.15) is 27.7 Å². The van der Waals surface area contributed by atoms with E-state index in [9.17, 15) is 41.9 Å². The van der Waals surface area contributed by atoms with Crippen molar-refractivity contribution in [2.45, 2.75) is 64.3 Å². The van der Waals surface area contributed by atoms with Gasteiger partial charge in [0.05, 0.1) is 7.11 Å². The van der Waals surface area contributed by atoms with Crippen LogP contribution in [0.5, 0.6) is 0 Å². The van der Waals surface area contributed by atoms with E-state index >= 15 is 0 Å². The molecule has 0 aliphatic carbocycles. The zero-order chi connectivity index (χ0) is 27.8. The number of hydrogen-bond donors (Lipinski definition) is 1. The number of alkyl halides is 3. The van der Waals surface area contributed by atoms with E-state index in [1.165, 1.54) is 0 Å². The van der Waals surface area contributed by atoms with Gasteiger partial charge < -0.3 is 33.7 Å². The van der Waals surface area contributed by atoms with Crippen molar-refractivity contribution in [2.75, 3.05) is 13.7 Å². The summed E-state index contributed by atoms with van der Waals surface area (Å²) in [5.41, 5.74) is 0. The smallest absolute Gasteiger partial charge is 0.471 e. The quantitative estimate of drug-likeness (QED) is 0.311. The van der Waals surface area contributed by atoms with Gasteiger partial charge in [-0.3, -0.25) is 24.0 Å². The molecule has 5 atom stereocenters. The van der Waals surface area contributed by atoms with Crippen LogP contribution in [-0.4, -0.2) is 86.1 Å². The maximum absolute atomic E-state index is 13.1. The van der Waals surface area contributed by atoms with Crippen LogP contribution in [0.15, 0.2) is 11.8 Å². The molecule has 0 fully saturated rings. The standard InChI is InChI=1S/C20H24F3NO12/c1-8(25)32-7-14(34-10(3)27)16(35-11(4)28)17-15(24-19(30)20(21,22)23)12(33-9(2)26)6-13(36-17)18(29)31-5/h6,12,14-17H,7H2,1-5H3,(H,24,30)/t12-,14-,15-,16-,17-/m1/s1. The molecule has 16 heteroatoms. The van der Waals surface area contributed by atoms with Crippen molar-refractivity contribution in [1.29, 1.82) is 0 Å². The summed E-state index contributed by atoms with van der Waals surface area (Å²) in [5.74, 6) is -8.33. The maximum atomic E-state index is 13.1. The van der Waals surface area contributed by atoms with Crippen molar-refractivity contribution >= 4 is 35.8 Å². The molecule has 1 N–H and O–H groups in total. The van der Waals surface area contributed by atoms with E-state index in [2.05, 4.69) is 4.74 Å². The number of nitrogens with one attached hydrogen (secondary N) is 1. The van der Waals surface area contributed by atoms with Crippen molar-refractivity contribution < 1.29 is 70.4 Å². The molecule has 0 aromatic carbocycles. The maximum Gasteiger partial charge on any atom is 0.471 e. The van der Waals surface area contributed by atoms with Crippen molar-refractivity contribution in [3.05, 3.63) is 11.8 Å². The Kier molecular flexibility index (Phi) is 10.7. The Hall–Kier alpha value is -3.85. The lowest BCUT2D eigenvalue weighted by Gasteiger charge is -2.41. The number of halogens is 3. The minimum atomic E-state index is -5.42. The second kappa shape index (κ2) is 12.7. The van der Waals surface area contributed by atoms with E-state index in [1.54, 1.807) is 5.32 Å². The van der Waals surface area contributed by atoms with E-state index in [0.29, 0.717) is 0 Å². The van der Waals surface area contributed by atoms with Crippen molar-refractivity contribution in [1.82, 2.24) is 5.32 Å². The summed E-state index contributed by atoms with van der Waals surface area (Å²) in [4.78, 5) is 70.4. The molecule has 0 bridgehead atoms. The van der Waals surface area contributed by atoms with Crippen molar-refractivity contribution in [3.63, 3.8) is 0 Å². The predicted molar refractivity (Wildman–Crippen MR) is 106 cm³/mol. The second-order valence-corrected chi connectivity index (χ2v) is 7.20. The molecule has 0 saturated heterocycles. The fraction of sp³-hybridized carbons (Fsp3) is 0.600. The predicted octanol–water partition coefficient (Wildman–Crippen LogP) is -0.153. The van der Waals surface area contributed by atoms with Crippen LogP contribution in [-0.2, 0) is 57.2 Å². The van der Waals surface area contributed by atoms with Gasteiger partial charge in [0.15, 0.2) is 18.3 Å². The molecule has 0 saturated carbocycles. The number of rotatable bonds is 9. The van der Waals surface area contributed by atoms with Crippen LogP contribution < -0.4 is 5.32 Å².